The molecule has 0 bridgehead atoms. The van der Waals surface area contributed by atoms with Crippen LogP contribution in [0.15, 0.2) is 36.4 Å². The molecule has 0 unspecified atom stereocenters. The third kappa shape index (κ3) is 2.77. The maximum Gasteiger partial charge on any atom is 0.277 e. The maximum absolute atomic E-state index is 13.3. The Kier molecular flexibility index (Phi) is 4.15. The van der Waals surface area contributed by atoms with Gasteiger partial charge in [-0.1, -0.05) is 31.0 Å². The first-order valence-corrected chi connectivity index (χ1v) is 9.14. The number of hydrogen-bond donors (Lipinski definition) is 0. The zero-order valence-electron chi connectivity index (χ0n) is 14.2. The van der Waals surface area contributed by atoms with Gasteiger partial charge >= 0.3 is 0 Å². The van der Waals surface area contributed by atoms with Gasteiger partial charge < -0.3 is 4.90 Å². The third-order valence-corrected chi connectivity index (χ3v) is 5.83. The molecule has 25 heavy (non-hydrogen) atoms. The summed E-state index contributed by atoms with van der Waals surface area (Å²) in [6.07, 6.45) is 7.03. The average Bonchev–Trinajstić information content (AvgIpc) is 2.66. The van der Waals surface area contributed by atoms with Crippen LogP contribution in [0.2, 0.25) is 0 Å². The minimum atomic E-state index is -0.380. The van der Waals surface area contributed by atoms with E-state index in [1.165, 1.54) is 31.7 Å². The number of fused-ring (bicyclic) bond motifs is 2. The number of piperidine rings is 1. The number of non-ortho nitro benzene ring substituents is 1. The van der Waals surface area contributed by atoms with E-state index in [0.29, 0.717) is 28.3 Å². The van der Waals surface area contributed by atoms with Crippen molar-refractivity contribution in [3.8, 4) is 0 Å². The number of nitro benzene ring substituents is 1. The van der Waals surface area contributed by atoms with Crippen molar-refractivity contribution in [2.75, 3.05) is 6.54 Å². The molecule has 1 aliphatic heterocycles. The van der Waals surface area contributed by atoms with Crippen molar-refractivity contribution >= 4 is 22.4 Å². The second-order valence-corrected chi connectivity index (χ2v) is 7.19. The van der Waals surface area contributed by atoms with E-state index in [1.807, 2.05) is 17.0 Å². The molecule has 1 amide bonds. The summed E-state index contributed by atoms with van der Waals surface area (Å²) in [5.74, 6) is 0.651. The van der Waals surface area contributed by atoms with Crippen LogP contribution in [0.4, 0.5) is 5.69 Å². The van der Waals surface area contributed by atoms with Gasteiger partial charge in [0.05, 0.1) is 10.3 Å². The highest BCUT2D eigenvalue weighted by molar-refractivity contribution is 6.09. The van der Waals surface area contributed by atoms with Crippen molar-refractivity contribution in [2.24, 2.45) is 5.92 Å². The summed E-state index contributed by atoms with van der Waals surface area (Å²) < 4.78 is 0. The predicted molar refractivity (Wildman–Crippen MR) is 96.6 cm³/mol. The minimum Gasteiger partial charge on any atom is -0.335 e. The van der Waals surface area contributed by atoms with Crippen LogP contribution in [0.5, 0.6) is 0 Å². The predicted octanol–water partition coefficient (Wildman–Crippen LogP) is 4.54. The quantitative estimate of drug-likeness (QED) is 0.596. The second kappa shape index (κ2) is 6.47. The highest BCUT2D eigenvalue weighted by Crippen LogP contribution is 2.37. The summed E-state index contributed by atoms with van der Waals surface area (Å²) in [6.45, 7) is 0.797. The van der Waals surface area contributed by atoms with Crippen LogP contribution in [0.3, 0.4) is 0 Å². The van der Waals surface area contributed by atoms with Gasteiger partial charge in [0, 0.05) is 29.6 Å². The van der Waals surface area contributed by atoms with E-state index < -0.39 is 0 Å². The normalized spacial score (nSPS) is 23.3. The Labute approximate surface area is 146 Å². The largest absolute Gasteiger partial charge is 0.335 e. The van der Waals surface area contributed by atoms with Crippen molar-refractivity contribution in [3.63, 3.8) is 0 Å². The molecule has 0 radical (unpaired) electrons. The number of carbonyl (C=O) groups is 1. The lowest BCUT2D eigenvalue weighted by atomic mass is 9.78. The highest BCUT2D eigenvalue weighted by atomic mass is 16.6. The van der Waals surface area contributed by atoms with Crippen molar-refractivity contribution < 1.29 is 9.72 Å². The molecular weight excluding hydrogens is 316 g/mol. The number of amides is 1. The first-order chi connectivity index (χ1) is 12.2. The van der Waals surface area contributed by atoms with Crippen LogP contribution in [0, 0.1) is 16.0 Å². The lowest BCUT2D eigenvalue weighted by Crippen LogP contribution is -2.49. The van der Waals surface area contributed by atoms with Crippen molar-refractivity contribution in [2.45, 2.75) is 44.6 Å². The Morgan fingerprint density at radius 2 is 1.72 bits per heavy atom. The first kappa shape index (κ1) is 16.1. The Morgan fingerprint density at radius 3 is 2.52 bits per heavy atom. The topological polar surface area (TPSA) is 63.4 Å². The number of carbonyl (C=O) groups excluding carboxylic acids is 1. The van der Waals surface area contributed by atoms with Crippen molar-refractivity contribution in [3.05, 3.63) is 52.1 Å². The van der Waals surface area contributed by atoms with Gasteiger partial charge in [-0.15, -0.1) is 0 Å². The number of hydrogen-bond acceptors (Lipinski definition) is 3. The Balaban J connectivity index is 1.75. The fourth-order valence-corrected chi connectivity index (χ4v) is 4.66. The fourth-order valence-electron chi connectivity index (χ4n) is 4.66. The molecule has 0 spiro atoms. The molecule has 1 saturated carbocycles. The van der Waals surface area contributed by atoms with Crippen LogP contribution < -0.4 is 0 Å². The van der Waals surface area contributed by atoms with Gasteiger partial charge in [-0.05, 0) is 43.7 Å². The molecule has 2 aromatic carbocycles. The zero-order chi connectivity index (χ0) is 17.4. The lowest BCUT2D eigenvalue weighted by Gasteiger charge is -2.44. The third-order valence-electron chi connectivity index (χ3n) is 5.83. The van der Waals surface area contributed by atoms with Gasteiger partial charge in [0.25, 0.3) is 11.6 Å². The fraction of sp³-hybridized carbons (Fsp3) is 0.450. The molecule has 130 valence electrons. The number of nitro groups is 1. The van der Waals surface area contributed by atoms with Crippen molar-refractivity contribution in [1.29, 1.82) is 0 Å². The zero-order valence-corrected chi connectivity index (χ0v) is 14.2. The smallest absolute Gasteiger partial charge is 0.277 e. The van der Waals surface area contributed by atoms with Crippen molar-refractivity contribution in [1.82, 2.24) is 4.90 Å². The Hall–Kier alpha value is -2.43. The highest BCUT2D eigenvalue weighted by Gasteiger charge is 2.36. The molecule has 2 fully saturated rings. The number of nitrogens with zero attached hydrogens (tertiary/aromatic N) is 2. The summed E-state index contributed by atoms with van der Waals surface area (Å²) in [6, 6.07) is 10.6. The Morgan fingerprint density at radius 1 is 1.00 bits per heavy atom. The van der Waals surface area contributed by atoms with Gasteiger partial charge in [0.15, 0.2) is 0 Å². The van der Waals surface area contributed by atoms with E-state index in [0.717, 1.165) is 19.4 Å². The van der Waals surface area contributed by atoms with E-state index in [-0.39, 0.29) is 16.5 Å². The molecule has 0 aromatic heterocycles. The molecule has 5 heteroatoms. The summed E-state index contributed by atoms with van der Waals surface area (Å²) in [5, 5.41) is 12.5. The molecule has 2 atom stereocenters. The van der Waals surface area contributed by atoms with Gasteiger partial charge in [-0.25, -0.2) is 0 Å². The average molecular weight is 338 g/mol. The van der Waals surface area contributed by atoms with E-state index in [2.05, 4.69) is 0 Å². The molecule has 1 aliphatic carbocycles. The molecule has 1 saturated heterocycles. The molecule has 4 rings (SSSR count). The van der Waals surface area contributed by atoms with E-state index >= 15 is 0 Å². The van der Waals surface area contributed by atoms with Crippen LogP contribution in [0.1, 0.15) is 48.9 Å². The molecule has 2 aromatic rings. The summed E-state index contributed by atoms with van der Waals surface area (Å²) >= 11 is 0. The minimum absolute atomic E-state index is 0.0303. The van der Waals surface area contributed by atoms with Crippen LogP contribution in [0.25, 0.3) is 10.8 Å². The van der Waals surface area contributed by atoms with Gasteiger partial charge in [0.2, 0.25) is 0 Å². The summed E-state index contributed by atoms with van der Waals surface area (Å²) in [7, 11) is 0. The monoisotopic (exact) mass is 338 g/mol. The molecule has 2 aliphatic rings. The van der Waals surface area contributed by atoms with Gasteiger partial charge in [-0.3, -0.25) is 14.9 Å². The van der Waals surface area contributed by atoms with E-state index in [4.69, 9.17) is 0 Å². The SMILES string of the molecule is O=C(c1ccc([N+](=O)[O-])c2ccccc12)N1CCC[C@H]2CCCC[C@@H]21. The van der Waals surface area contributed by atoms with Crippen LogP contribution in [-0.4, -0.2) is 28.3 Å². The summed E-state index contributed by atoms with van der Waals surface area (Å²) in [4.78, 5) is 26.3. The number of rotatable bonds is 2. The van der Waals surface area contributed by atoms with Gasteiger partial charge in [-0.2, -0.15) is 0 Å². The van der Waals surface area contributed by atoms with E-state index in [9.17, 15) is 14.9 Å². The van der Waals surface area contributed by atoms with Crippen LogP contribution >= 0.6 is 0 Å². The molecule has 5 nitrogen and oxygen atoms in total. The number of benzene rings is 2. The van der Waals surface area contributed by atoms with Crippen LogP contribution in [-0.2, 0) is 0 Å². The lowest BCUT2D eigenvalue weighted by molar-refractivity contribution is -0.383. The number of likely N-dealkylation sites (tertiary alicyclic amines) is 1. The van der Waals surface area contributed by atoms with E-state index in [1.54, 1.807) is 18.2 Å². The summed E-state index contributed by atoms with van der Waals surface area (Å²) in [5.41, 5.74) is 0.647. The molecular formula is C20H22N2O3. The Bertz CT molecular complexity index is 831. The molecule has 1 heterocycles. The first-order valence-electron chi connectivity index (χ1n) is 9.14. The second-order valence-electron chi connectivity index (χ2n) is 7.19. The van der Waals surface area contributed by atoms with Gasteiger partial charge in [0.1, 0.15) is 0 Å². The standard InChI is InChI=1S/C20H22N2O3/c23-20(21-13-5-7-14-6-1-4-10-18(14)21)17-11-12-19(22(24)25)16-9-3-2-8-15(16)17/h2-3,8-9,11-12,14,18H,1,4-7,10,13H2/t14-,18+/m1/s1. The maximum atomic E-state index is 13.3. The molecule has 0 N–H and O–H groups in total.